The molecular formula is C15H11F3N3OS. The minimum atomic E-state index is -4.44. The van der Waals surface area contributed by atoms with Gasteiger partial charge in [-0.3, -0.25) is 4.79 Å². The van der Waals surface area contributed by atoms with Crippen LogP contribution in [0.25, 0.3) is 0 Å². The molecule has 2 rings (SSSR count). The second-order valence-corrected chi connectivity index (χ2v) is 4.90. The number of thiocarbonyl (C=S) groups is 1. The Morgan fingerprint density at radius 2 is 1.96 bits per heavy atom. The second kappa shape index (κ2) is 6.66. The highest BCUT2D eigenvalue weighted by molar-refractivity contribution is 7.80. The zero-order valence-corrected chi connectivity index (χ0v) is 12.4. The SMILES string of the molecule is NC(=O)c1cc[c]cc1NC(=S)Nc1cccc(C(F)(F)F)c1. The van der Waals surface area contributed by atoms with Crippen LogP contribution in [0.5, 0.6) is 0 Å². The van der Waals surface area contributed by atoms with Gasteiger partial charge < -0.3 is 16.4 Å². The van der Waals surface area contributed by atoms with Gasteiger partial charge in [-0.1, -0.05) is 12.1 Å². The highest BCUT2D eigenvalue weighted by atomic mass is 32.1. The van der Waals surface area contributed by atoms with Crippen molar-refractivity contribution in [3.63, 3.8) is 0 Å². The van der Waals surface area contributed by atoms with Crippen molar-refractivity contribution in [3.05, 3.63) is 59.7 Å². The molecule has 0 aliphatic carbocycles. The van der Waals surface area contributed by atoms with Crippen molar-refractivity contribution in [3.8, 4) is 0 Å². The van der Waals surface area contributed by atoms with Gasteiger partial charge in [0.05, 0.1) is 16.8 Å². The van der Waals surface area contributed by atoms with Gasteiger partial charge in [-0.15, -0.1) is 0 Å². The number of nitrogens with two attached hydrogens (primary N) is 1. The van der Waals surface area contributed by atoms with Gasteiger partial charge in [-0.2, -0.15) is 13.2 Å². The number of hydrogen-bond acceptors (Lipinski definition) is 2. The van der Waals surface area contributed by atoms with Crippen LogP contribution in [0.4, 0.5) is 24.5 Å². The van der Waals surface area contributed by atoms with E-state index < -0.39 is 17.6 Å². The average molecular weight is 338 g/mol. The summed E-state index contributed by atoms with van der Waals surface area (Å²) >= 11 is 5.03. The van der Waals surface area contributed by atoms with E-state index in [-0.39, 0.29) is 16.4 Å². The molecule has 0 fully saturated rings. The summed E-state index contributed by atoms with van der Waals surface area (Å²) in [4.78, 5) is 11.3. The Morgan fingerprint density at radius 3 is 2.61 bits per heavy atom. The molecule has 0 atom stereocenters. The van der Waals surface area contributed by atoms with Crippen LogP contribution in [0.1, 0.15) is 15.9 Å². The molecule has 119 valence electrons. The van der Waals surface area contributed by atoms with E-state index in [1.165, 1.54) is 30.3 Å². The van der Waals surface area contributed by atoms with Gasteiger partial charge in [-0.05, 0) is 48.6 Å². The molecule has 4 N–H and O–H groups in total. The van der Waals surface area contributed by atoms with Gasteiger partial charge in [0.2, 0.25) is 0 Å². The van der Waals surface area contributed by atoms with E-state index in [0.717, 1.165) is 12.1 Å². The summed E-state index contributed by atoms with van der Waals surface area (Å²) in [5.74, 6) is -0.664. The number of halogens is 3. The minimum absolute atomic E-state index is 0.0198. The highest BCUT2D eigenvalue weighted by Crippen LogP contribution is 2.30. The fourth-order valence-electron chi connectivity index (χ4n) is 1.81. The Hall–Kier alpha value is -2.61. The van der Waals surface area contributed by atoms with E-state index in [1.54, 1.807) is 0 Å². The van der Waals surface area contributed by atoms with Crippen LogP contribution in [0.3, 0.4) is 0 Å². The zero-order valence-electron chi connectivity index (χ0n) is 11.6. The molecule has 0 aromatic heterocycles. The van der Waals surface area contributed by atoms with Gasteiger partial charge >= 0.3 is 6.18 Å². The van der Waals surface area contributed by atoms with Crippen LogP contribution in [-0.2, 0) is 6.18 Å². The van der Waals surface area contributed by atoms with E-state index in [9.17, 15) is 18.0 Å². The number of amides is 1. The van der Waals surface area contributed by atoms with Crippen LogP contribution in [0.2, 0.25) is 0 Å². The lowest BCUT2D eigenvalue weighted by Gasteiger charge is -2.14. The first-order valence-corrected chi connectivity index (χ1v) is 6.73. The monoisotopic (exact) mass is 338 g/mol. The Morgan fingerprint density at radius 1 is 1.22 bits per heavy atom. The summed E-state index contributed by atoms with van der Waals surface area (Å²) in [6, 6.07) is 11.8. The third-order valence-corrected chi connectivity index (χ3v) is 3.03. The standard InChI is InChI=1S/C15H11F3N3OS/c16-15(17,18)9-4-3-5-10(8-9)20-14(23)21-12-7-2-1-6-11(12)13(19)22/h1,3-8H,(H2,19,22)(H2,20,21,23). The van der Waals surface area contributed by atoms with Gasteiger partial charge in [0.1, 0.15) is 0 Å². The van der Waals surface area contributed by atoms with E-state index in [2.05, 4.69) is 16.7 Å². The molecule has 8 heteroatoms. The molecule has 0 saturated heterocycles. The molecule has 0 aliphatic rings. The maximum Gasteiger partial charge on any atom is 0.416 e. The molecule has 4 nitrogen and oxygen atoms in total. The number of carbonyl (C=O) groups is 1. The van der Waals surface area contributed by atoms with Crippen LogP contribution in [0, 0.1) is 6.07 Å². The smallest absolute Gasteiger partial charge is 0.366 e. The van der Waals surface area contributed by atoms with Crippen molar-refractivity contribution >= 4 is 34.6 Å². The van der Waals surface area contributed by atoms with Crippen LogP contribution in [-0.4, -0.2) is 11.0 Å². The molecule has 0 unspecified atom stereocenters. The fraction of sp³-hybridized carbons (Fsp3) is 0.0667. The summed E-state index contributed by atoms with van der Waals surface area (Å²) in [5, 5.41) is 5.35. The molecule has 1 radical (unpaired) electrons. The minimum Gasteiger partial charge on any atom is -0.366 e. The molecule has 1 amide bonds. The molecule has 2 aromatic rings. The largest absolute Gasteiger partial charge is 0.416 e. The highest BCUT2D eigenvalue weighted by Gasteiger charge is 2.30. The lowest BCUT2D eigenvalue weighted by atomic mass is 10.1. The number of hydrogen-bond donors (Lipinski definition) is 3. The van der Waals surface area contributed by atoms with Gasteiger partial charge in [0.15, 0.2) is 5.11 Å². The topological polar surface area (TPSA) is 67.2 Å². The Balaban J connectivity index is 2.13. The predicted molar refractivity (Wildman–Crippen MR) is 85.1 cm³/mol. The zero-order chi connectivity index (χ0) is 17.0. The van der Waals surface area contributed by atoms with Crippen molar-refractivity contribution in [2.75, 3.05) is 10.6 Å². The summed E-state index contributed by atoms with van der Waals surface area (Å²) in [5.41, 5.74) is 5.10. The first-order chi connectivity index (χ1) is 10.8. The quantitative estimate of drug-likeness (QED) is 0.750. The van der Waals surface area contributed by atoms with Crippen molar-refractivity contribution in [1.29, 1.82) is 0 Å². The van der Waals surface area contributed by atoms with E-state index >= 15 is 0 Å². The van der Waals surface area contributed by atoms with Crippen LogP contribution in [0.15, 0.2) is 42.5 Å². The number of benzene rings is 2. The number of carbonyl (C=O) groups excluding carboxylic acids is 1. The maximum absolute atomic E-state index is 12.7. The molecular weight excluding hydrogens is 327 g/mol. The van der Waals surface area contributed by atoms with Crippen molar-refractivity contribution in [2.45, 2.75) is 6.18 Å². The normalized spacial score (nSPS) is 10.9. The number of nitrogens with one attached hydrogen (secondary N) is 2. The van der Waals surface area contributed by atoms with Gasteiger partial charge in [-0.25, -0.2) is 0 Å². The summed E-state index contributed by atoms with van der Waals surface area (Å²) in [6.07, 6.45) is -4.44. The lowest BCUT2D eigenvalue weighted by molar-refractivity contribution is -0.137. The fourth-order valence-corrected chi connectivity index (χ4v) is 2.03. The number of primary amides is 1. The molecule has 0 bridgehead atoms. The lowest BCUT2D eigenvalue weighted by Crippen LogP contribution is -2.22. The first kappa shape index (κ1) is 16.8. The Labute approximate surface area is 135 Å². The van der Waals surface area contributed by atoms with Crippen LogP contribution < -0.4 is 16.4 Å². The Kier molecular flexibility index (Phi) is 4.85. The van der Waals surface area contributed by atoms with E-state index in [4.69, 9.17) is 18.0 Å². The molecule has 0 heterocycles. The third-order valence-electron chi connectivity index (χ3n) is 2.83. The maximum atomic E-state index is 12.7. The number of anilines is 2. The van der Waals surface area contributed by atoms with Crippen molar-refractivity contribution < 1.29 is 18.0 Å². The molecule has 0 saturated carbocycles. The Bertz CT molecular complexity index is 747. The van der Waals surface area contributed by atoms with Gasteiger partial charge in [0, 0.05) is 5.69 Å². The van der Waals surface area contributed by atoms with E-state index in [1.807, 2.05) is 0 Å². The predicted octanol–water partition coefficient (Wildman–Crippen LogP) is 3.41. The summed E-state index contributed by atoms with van der Waals surface area (Å²) in [7, 11) is 0. The second-order valence-electron chi connectivity index (χ2n) is 4.49. The number of rotatable bonds is 3. The number of alkyl halides is 3. The molecule has 0 spiro atoms. The average Bonchev–Trinajstić information content (AvgIpc) is 2.46. The molecule has 23 heavy (non-hydrogen) atoms. The summed E-state index contributed by atoms with van der Waals surface area (Å²) < 4.78 is 38.0. The van der Waals surface area contributed by atoms with E-state index in [0.29, 0.717) is 5.69 Å². The van der Waals surface area contributed by atoms with Crippen molar-refractivity contribution in [1.82, 2.24) is 0 Å². The van der Waals surface area contributed by atoms with Crippen molar-refractivity contribution in [2.24, 2.45) is 5.73 Å². The van der Waals surface area contributed by atoms with Crippen LogP contribution >= 0.6 is 12.2 Å². The summed E-state index contributed by atoms with van der Waals surface area (Å²) in [6.45, 7) is 0. The molecule has 0 aliphatic heterocycles. The third kappa shape index (κ3) is 4.43. The molecule has 2 aromatic carbocycles. The first-order valence-electron chi connectivity index (χ1n) is 6.32. The van der Waals surface area contributed by atoms with Gasteiger partial charge in [0.25, 0.3) is 5.91 Å².